The van der Waals surface area contributed by atoms with Crippen molar-refractivity contribution in [1.29, 1.82) is 0 Å². The maximum absolute atomic E-state index is 12.2. The summed E-state index contributed by atoms with van der Waals surface area (Å²) < 4.78 is 2.01. The number of aromatic nitrogens is 7. The van der Waals surface area contributed by atoms with Gasteiger partial charge in [-0.25, -0.2) is 14.9 Å². The highest BCUT2D eigenvalue weighted by molar-refractivity contribution is 5.92. The van der Waals surface area contributed by atoms with E-state index in [1.165, 1.54) is 11.1 Å². The first-order valence-electron chi connectivity index (χ1n) is 8.38. The molecule has 0 fully saturated rings. The summed E-state index contributed by atoms with van der Waals surface area (Å²) in [5, 5.41) is 15.6. The Kier molecular flexibility index (Phi) is 4.07. The molecular formula is C17H18N8O2. The molecule has 0 bridgehead atoms. The minimum Gasteiger partial charge on any atom is -0.343 e. The van der Waals surface area contributed by atoms with Crippen LogP contribution in [0.25, 0.3) is 11.0 Å². The zero-order valence-electron chi connectivity index (χ0n) is 14.8. The van der Waals surface area contributed by atoms with Crippen molar-refractivity contribution in [3.63, 3.8) is 0 Å². The number of nitrogens with one attached hydrogen (secondary N) is 4. The molecule has 0 saturated heterocycles. The van der Waals surface area contributed by atoms with E-state index in [0.29, 0.717) is 12.4 Å². The molecule has 0 saturated carbocycles. The molecule has 3 aromatic heterocycles. The zero-order valence-corrected chi connectivity index (χ0v) is 14.8. The van der Waals surface area contributed by atoms with Crippen molar-refractivity contribution in [3.05, 3.63) is 63.3 Å². The second kappa shape index (κ2) is 6.56. The van der Waals surface area contributed by atoms with Crippen LogP contribution in [0, 0.1) is 13.8 Å². The number of nitrogens with zero attached hydrogens (tertiary/aromatic N) is 4. The largest absolute Gasteiger partial charge is 0.343 e. The SMILES string of the molecule is Cc1cc2ncn(Cc3cc(C(=O)NCc4n[nH]c(=O)[nH]4)n[nH]3)c2cc1C. The smallest absolute Gasteiger partial charge is 0.340 e. The van der Waals surface area contributed by atoms with Gasteiger partial charge in [0.25, 0.3) is 5.91 Å². The number of hydrogen-bond donors (Lipinski definition) is 4. The van der Waals surface area contributed by atoms with Crippen LogP contribution in [0.4, 0.5) is 0 Å². The number of amides is 1. The molecule has 1 aromatic carbocycles. The molecular weight excluding hydrogens is 348 g/mol. The highest BCUT2D eigenvalue weighted by Crippen LogP contribution is 2.19. The predicted molar refractivity (Wildman–Crippen MR) is 97.3 cm³/mol. The van der Waals surface area contributed by atoms with Gasteiger partial charge in [0, 0.05) is 0 Å². The minimum absolute atomic E-state index is 0.102. The highest BCUT2D eigenvalue weighted by Gasteiger charge is 2.12. The summed E-state index contributed by atoms with van der Waals surface area (Å²) >= 11 is 0. The lowest BCUT2D eigenvalue weighted by atomic mass is 10.1. The van der Waals surface area contributed by atoms with Gasteiger partial charge in [0.15, 0.2) is 0 Å². The maximum Gasteiger partial charge on any atom is 0.340 e. The summed E-state index contributed by atoms with van der Waals surface area (Å²) in [6.45, 7) is 4.75. The fourth-order valence-corrected chi connectivity index (χ4v) is 2.83. The first-order valence-corrected chi connectivity index (χ1v) is 8.38. The molecule has 3 heterocycles. The van der Waals surface area contributed by atoms with E-state index in [4.69, 9.17) is 0 Å². The van der Waals surface area contributed by atoms with Gasteiger partial charge in [-0.3, -0.25) is 14.9 Å². The molecule has 10 nitrogen and oxygen atoms in total. The Hall–Kier alpha value is -3.69. The van der Waals surface area contributed by atoms with Crippen molar-refractivity contribution in [2.24, 2.45) is 0 Å². The Morgan fingerprint density at radius 2 is 1.96 bits per heavy atom. The number of H-pyrrole nitrogens is 3. The number of carbonyl (C=O) groups excluding carboxylic acids is 1. The van der Waals surface area contributed by atoms with Crippen LogP contribution in [0.5, 0.6) is 0 Å². The zero-order chi connectivity index (χ0) is 19.0. The highest BCUT2D eigenvalue weighted by atomic mass is 16.2. The molecule has 4 aromatic rings. The van der Waals surface area contributed by atoms with Crippen molar-refractivity contribution < 1.29 is 4.79 Å². The molecule has 0 radical (unpaired) electrons. The average Bonchev–Trinajstić information content (AvgIpc) is 3.36. The fraction of sp³-hybridized carbons (Fsp3) is 0.235. The van der Waals surface area contributed by atoms with Crippen LogP contribution in [0.2, 0.25) is 0 Å². The molecule has 0 spiro atoms. The summed E-state index contributed by atoms with van der Waals surface area (Å²) in [6.07, 6.45) is 1.78. The monoisotopic (exact) mass is 366 g/mol. The van der Waals surface area contributed by atoms with Crippen LogP contribution in [0.1, 0.15) is 33.1 Å². The van der Waals surface area contributed by atoms with Crippen molar-refractivity contribution in [3.8, 4) is 0 Å². The fourth-order valence-electron chi connectivity index (χ4n) is 2.83. The standard InChI is InChI=1S/C17H18N8O2/c1-9-3-12-14(4-10(9)2)25(8-19-12)7-11-5-13(22-21-11)16(26)18-6-15-20-17(27)24-23-15/h3-5,8H,6-7H2,1-2H3,(H,18,26)(H,21,22)(H2,20,23,24,27). The second-order valence-corrected chi connectivity index (χ2v) is 6.38. The van der Waals surface area contributed by atoms with E-state index in [1.54, 1.807) is 12.4 Å². The van der Waals surface area contributed by atoms with E-state index in [0.717, 1.165) is 16.7 Å². The second-order valence-electron chi connectivity index (χ2n) is 6.38. The number of benzene rings is 1. The Labute approximate surface area is 153 Å². The van der Waals surface area contributed by atoms with Crippen LogP contribution < -0.4 is 11.0 Å². The van der Waals surface area contributed by atoms with Crippen LogP contribution >= 0.6 is 0 Å². The lowest BCUT2D eigenvalue weighted by Crippen LogP contribution is -2.24. The molecule has 0 aliphatic carbocycles. The Balaban J connectivity index is 1.47. The number of fused-ring (bicyclic) bond motifs is 1. The number of imidazole rings is 1. The van der Waals surface area contributed by atoms with Crippen LogP contribution in [-0.4, -0.2) is 40.8 Å². The number of aromatic amines is 3. The summed E-state index contributed by atoms with van der Waals surface area (Å²) in [7, 11) is 0. The van der Waals surface area contributed by atoms with Crippen LogP contribution in [0.3, 0.4) is 0 Å². The van der Waals surface area contributed by atoms with Crippen molar-refractivity contribution in [1.82, 2.24) is 40.2 Å². The summed E-state index contributed by atoms with van der Waals surface area (Å²) in [6, 6.07) is 5.86. The lowest BCUT2D eigenvalue weighted by Gasteiger charge is -2.04. The number of rotatable bonds is 5. The van der Waals surface area contributed by atoms with Gasteiger partial charge in [0.05, 0.1) is 36.1 Å². The van der Waals surface area contributed by atoms with E-state index in [2.05, 4.69) is 61.7 Å². The Morgan fingerprint density at radius 3 is 2.74 bits per heavy atom. The van der Waals surface area contributed by atoms with Gasteiger partial charge >= 0.3 is 5.69 Å². The van der Waals surface area contributed by atoms with Gasteiger partial charge in [0.2, 0.25) is 0 Å². The maximum atomic E-state index is 12.2. The quantitative estimate of drug-likeness (QED) is 0.413. The molecule has 4 rings (SSSR count). The number of carbonyl (C=O) groups is 1. The van der Waals surface area contributed by atoms with Gasteiger partial charge in [-0.15, -0.1) is 0 Å². The van der Waals surface area contributed by atoms with E-state index in [9.17, 15) is 9.59 Å². The van der Waals surface area contributed by atoms with E-state index >= 15 is 0 Å². The molecule has 4 N–H and O–H groups in total. The van der Waals surface area contributed by atoms with E-state index in [1.807, 2.05) is 4.57 Å². The predicted octanol–water partition coefficient (Wildman–Crippen LogP) is 0.766. The van der Waals surface area contributed by atoms with Gasteiger partial charge < -0.3 is 9.88 Å². The third-order valence-corrected chi connectivity index (χ3v) is 4.41. The van der Waals surface area contributed by atoms with Gasteiger partial charge in [-0.05, 0) is 43.2 Å². The van der Waals surface area contributed by atoms with Gasteiger partial charge in [0.1, 0.15) is 11.5 Å². The molecule has 0 unspecified atom stereocenters. The third-order valence-electron chi connectivity index (χ3n) is 4.41. The molecule has 10 heteroatoms. The summed E-state index contributed by atoms with van der Waals surface area (Å²) in [5.41, 5.74) is 4.99. The van der Waals surface area contributed by atoms with Crippen molar-refractivity contribution >= 4 is 16.9 Å². The Morgan fingerprint density at radius 1 is 1.15 bits per heavy atom. The van der Waals surface area contributed by atoms with Crippen LogP contribution in [0.15, 0.2) is 29.3 Å². The molecule has 138 valence electrons. The molecule has 0 aliphatic rings. The van der Waals surface area contributed by atoms with Crippen molar-refractivity contribution in [2.75, 3.05) is 0 Å². The van der Waals surface area contributed by atoms with Crippen molar-refractivity contribution in [2.45, 2.75) is 26.9 Å². The van der Waals surface area contributed by atoms with Gasteiger partial charge in [-0.2, -0.15) is 10.2 Å². The molecule has 27 heavy (non-hydrogen) atoms. The number of aryl methyl sites for hydroxylation is 2. The summed E-state index contributed by atoms with van der Waals surface area (Å²) in [4.78, 5) is 30.1. The first-order chi connectivity index (χ1) is 13.0. The lowest BCUT2D eigenvalue weighted by molar-refractivity contribution is 0.0945. The molecule has 0 aliphatic heterocycles. The summed E-state index contributed by atoms with van der Waals surface area (Å²) in [5.74, 6) is -0.0111. The van der Waals surface area contributed by atoms with Gasteiger partial charge in [-0.1, -0.05) is 0 Å². The first kappa shape index (κ1) is 16.8. The molecule has 1 amide bonds. The third kappa shape index (κ3) is 3.36. The topological polar surface area (TPSA) is 137 Å². The minimum atomic E-state index is -0.417. The molecule has 0 atom stereocenters. The number of hydrogen-bond acceptors (Lipinski definition) is 5. The van der Waals surface area contributed by atoms with E-state index < -0.39 is 5.69 Å². The average molecular weight is 366 g/mol. The normalized spacial score (nSPS) is 11.2. The van der Waals surface area contributed by atoms with E-state index in [-0.39, 0.29) is 18.1 Å². The Bertz CT molecular complexity index is 1180. The van der Waals surface area contributed by atoms with Crippen LogP contribution in [-0.2, 0) is 13.1 Å².